The van der Waals surface area contributed by atoms with Crippen LogP contribution in [0.25, 0.3) is 0 Å². The number of anilines is 1. The highest BCUT2D eigenvalue weighted by atomic mass is 19.1. The molecule has 1 atom stereocenters. The maximum absolute atomic E-state index is 13.2. The largest absolute Gasteiger partial charge is 0.378 e. The average molecular weight is 372 g/mol. The molecule has 2 saturated heterocycles. The van der Waals surface area contributed by atoms with Crippen molar-refractivity contribution in [2.24, 2.45) is 0 Å². The normalized spacial score (nSPS) is 20.6. The Morgan fingerprint density at radius 2 is 1.85 bits per heavy atom. The molecule has 8 heteroatoms. The summed E-state index contributed by atoms with van der Waals surface area (Å²) >= 11 is 0. The third kappa shape index (κ3) is 4.06. The highest BCUT2D eigenvalue weighted by Crippen LogP contribution is 2.25. The van der Waals surface area contributed by atoms with E-state index in [0.717, 1.165) is 5.56 Å². The minimum Gasteiger partial charge on any atom is -0.378 e. The van der Waals surface area contributed by atoms with Gasteiger partial charge in [0.05, 0.1) is 32.2 Å². The SMILES string of the molecule is O=C(c1cncc(N2CCO[C@H](c3ccc(F)cc3)C2)n1)N1CCOCC1. The lowest BCUT2D eigenvalue weighted by Crippen LogP contribution is -2.42. The van der Waals surface area contributed by atoms with Crippen molar-refractivity contribution < 1.29 is 18.7 Å². The van der Waals surface area contributed by atoms with E-state index in [1.165, 1.54) is 18.3 Å². The summed E-state index contributed by atoms with van der Waals surface area (Å²) in [6.45, 7) is 3.95. The average Bonchev–Trinajstić information content (AvgIpc) is 2.74. The van der Waals surface area contributed by atoms with Crippen molar-refractivity contribution >= 4 is 11.7 Å². The first-order chi connectivity index (χ1) is 13.2. The zero-order valence-corrected chi connectivity index (χ0v) is 14.9. The molecule has 3 heterocycles. The number of hydrogen-bond acceptors (Lipinski definition) is 6. The Labute approximate surface area is 156 Å². The Balaban J connectivity index is 1.49. The van der Waals surface area contributed by atoms with Crippen molar-refractivity contribution in [2.75, 3.05) is 50.9 Å². The van der Waals surface area contributed by atoms with Gasteiger partial charge in [0.1, 0.15) is 23.4 Å². The van der Waals surface area contributed by atoms with Crippen LogP contribution in [0.5, 0.6) is 0 Å². The molecule has 7 nitrogen and oxygen atoms in total. The summed E-state index contributed by atoms with van der Waals surface area (Å²) in [4.78, 5) is 25.2. The number of carbonyl (C=O) groups excluding carboxylic acids is 1. The second-order valence-electron chi connectivity index (χ2n) is 6.52. The second kappa shape index (κ2) is 7.98. The molecule has 1 aromatic carbocycles. The fourth-order valence-electron chi connectivity index (χ4n) is 3.28. The van der Waals surface area contributed by atoms with Crippen LogP contribution in [-0.2, 0) is 9.47 Å². The lowest BCUT2D eigenvalue weighted by molar-refractivity contribution is 0.0298. The number of aromatic nitrogens is 2. The molecule has 0 spiro atoms. The highest BCUT2D eigenvalue weighted by molar-refractivity contribution is 5.92. The maximum atomic E-state index is 13.2. The molecule has 0 bridgehead atoms. The van der Waals surface area contributed by atoms with Gasteiger partial charge < -0.3 is 19.3 Å². The van der Waals surface area contributed by atoms with Crippen molar-refractivity contribution in [1.29, 1.82) is 0 Å². The Morgan fingerprint density at radius 3 is 2.63 bits per heavy atom. The van der Waals surface area contributed by atoms with E-state index < -0.39 is 0 Å². The van der Waals surface area contributed by atoms with E-state index in [0.29, 0.717) is 57.5 Å². The van der Waals surface area contributed by atoms with Gasteiger partial charge in [0, 0.05) is 26.2 Å². The minimum atomic E-state index is -0.272. The molecule has 0 saturated carbocycles. The molecule has 0 aliphatic carbocycles. The van der Waals surface area contributed by atoms with Crippen molar-refractivity contribution in [3.05, 3.63) is 53.7 Å². The van der Waals surface area contributed by atoms with Crippen molar-refractivity contribution in [3.8, 4) is 0 Å². The second-order valence-corrected chi connectivity index (χ2v) is 6.52. The summed E-state index contributed by atoms with van der Waals surface area (Å²) in [7, 11) is 0. The van der Waals surface area contributed by atoms with Gasteiger partial charge >= 0.3 is 0 Å². The monoisotopic (exact) mass is 372 g/mol. The van der Waals surface area contributed by atoms with Gasteiger partial charge in [-0.1, -0.05) is 12.1 Å². The summed E-state index contributed by atoms with van der Waals surface area (Å²) in [5, 5.41) is 0. The summed E-state index contributed by atoms with van der Waals surface area (Å²) in [6, 6.07) is 6.32. The molecule has 0 unspecified atom stereocenters. The molecule has 2 aliphatic rings. The number of hydrogen-bond donors (Lipinski definition) is 0. The summed E-state index contributed by atoms with van der Waals surface area (Å²) in [5.41, 5.74) is 1.24. The van der Waals surface area contributed by atoms with Gasteiger partial charge in [-0.2, -0.15) is 0 Å². The topological polar surface area (TPSA) is 67.8 Å². The van der Waals surface area contributed by atoms with Crippen LogP contribution in [0.2, 0.25) is 0 Å². The minimum absolute atomic E-state index is 0.129. The van der Waals surface area contributed by atoms with E-state index in [2.05, 4.69) is 9.97 Å². The van der Waals surface area contributed by atoms with Crippen LogP contribution < -0.4 is 4.90 Å². The summed E-state index contributed by atoms with van der Waals surface area (Å²) < 4.78 is 24.3. The Bertz CT molecular complexity index is 796. The molecule has 4 rings (SSSR count). The zero-order chi connectivity index (χ0) is 18.6. The number of nitrogens with zero attached hydrogens (tertiary/aromatic N) is 4. The molecular weight excluding hydrogens is 351 g/mol. The highest BCUT2D eigenvalue weighted by Gasteiger charge is 2.25. The summed E-state index contributed by atoms with van der Waals surface area (Å²) in [5.74, 6) is 0.243. The molecular formula is C19H21FN4O3. The van der Waals surface area contributed by atoms with Crippen LogP contribution >= 0.6 is 0 Å². The van der Waals surface area contributed by atoms with Gasteiger partial charge in [0.2, 0.25) is 0 Å². The Morgan fingerprint density at radius 1 is 1.07 bits per heavy atom. The van der Waals surface area contributed by atoms with E-state index in [9.17, 15) is 9.18 Å². The maximum Gasteiger partial charge on any atom is 0.274 e. The van der Waals surface area contributed by atoms with Crippen molar-refractivity contribution in [1.82, 2.24) is 14.9 Å². The quantitative estimate of drug-likeness (QED) is 0.817. The van der Waals surface area contributed by atoms with E-state index in [-0.39, 0.29) is 17.8 Å². The van der Waals surface area contributed by atoms with Crippen LogP contribution in [-0.4, -0.2) is 66.8 Å². The fraction of sp³-hybridized carbons (Fsp3) is 0.421. The van der Waals surface area contributed by atoms with E-state index in [1.54, 1.807) is 23.2 Å². The van der Waals surface area contributed by atoms with Crippen LogP contribution in [0.1, 0.15) is 22.2 Å². The first kappa shape index (κ1) is 17.8. The molecule has 27 heavy (non-hydrogen) atoms. The first-order valence-electron chi connectivity index (χ1n) is 9.02. The molecule has 2 fully saturated rings. The van der Waals surface area contributed by atoms with Crippen LogP contribution in [0.15, 0.2) is 36.7 Å². The number of halogens is 1. The smallest absolute Gasteiger partial charge is 0.274 e. The zero-order valence-electron chi connectivity index (χ0n) is 14.9. The lowest BCUT2D eigenvalue weighted by Gasteiger charge is -2.34. The van der Waals surface area contributed by atoms with E-state index in [4.69, 9.17) is 9.47 Å². The summed E-state index contributed by atoms with van der Waals surface area (Å²) in [6.07, 6.45) is 2.97. The predicted octanol–water partition coefficient (Wildman–Crippen LogP) is 1.67. The fourth-order valence-corrected chi connectivity index (χ4v) is 3.28. The van der Waals surface area contributed by atoms with E-state index >= 15 is 0 Å². The number of amides is 1. The third-order valence-electron chi connectivity index (χ3n) is 4.77. The molecule has 142 valence electrons. The molecule has 2 aromatic rings. The van der Waals surface area contributed by atoms with Crippen molar-refractivity contribution in [2.45, 2.75) is 6.10 Å². The molecule has 1 aromatic heterocycles. The predicted molar refractivity (Wildman–Crippen MR) is 96.1 cm³/mol. The van der Waals surface area contributed by atoms with Crippen LogP contribution in [0, 0.1) is 5.82 Å². The first-order valence-corrected chi connectivity index (χ1v) is 9.02. The van der Waals surface area contributed by atoms with Gasteiger partial charge in [-0.05, 0) is 17.7 Å². The van der Waals surface area contributed by atoms with Gasteiger partial charge in [0.15, 0.2) is 0 Å². The number of benzene rings is 1. The molecule has 1 amide bonds. The number of rotatable bonds is 3. The van der Waals surface area contributed by atoms with Gasteiger partial charge in [-0.25, -0.2) is 9.37 Å². The number of ether oxygens (including phenoxy) is 2. The Kier molecular flexibility index (Phi) is 5.26. The van der Waals surface area contributed by atoms with Crippen LogP contribution in [0.4, 0.5) is 10.2 Å². The molecule has 2 aliphatic heterocycles. The van der Waals surface area contributed by atoms with E-state index in [1.807, 2.05) is 4.90 Å². The van der Waals surface area contributed by atoms with Gasteiger partial charge in [-0.15, -0.1) is 0 Å². The van der Waals surface area contributed by atoms with Gasteiger partial charge in [0.25, 0.3) is 5.91 Å². The standard InChI is InChI=1S/C19H21FN4O3/c20-15-3-1-14(2-4-15)17-13-24(7-10-27-17)18-12-21-11-16(22-18)19(25)23-5-8-26-9-6-23/h1-4,11-12,17H,5-10,13H2/t17-/m0/s1. The molecule has 0 N–H and O–H groups in total. The molecule has 0 radical (unpaired) electrons. The van der Waals surface area contributed by atoms with Crippen LogP contribution in [0.3, 0.4) is 0 Å². The number of carbonyl (C=O) groups is 1. The Hall–Kier alpha value is -2.58. The van der Waals surface area contributed by atoms with Crippen molar-refractivity contribution in [3.63, 3.8) is 0 Å². The van der Waals surface area contributed by atoms with Gasteiger partial charge in [-0.3, -0.25) is 9.78 Å². The third-order valence-corrected chi connectivity index (χ3v) is 4.77. The number of morpholine rings is 2. The lowest BCUT2D eigenvalue weighted by atomic mass is 10.1.